The van der Waals surface area contributed by atoms with Crippen molar-refractivity contribution in [2.75, 3.05) is 12.0 Å². The van der Waals surface area contributed by atoms with Crippen LogP contribution < -0.4 is 5.73 Å². The summed E-state index contributed by atoms with van der Waals surface area (Å²) in [4.78, 5) is 1.08. The molecule has 0 saturated carbocycles. The van der Waals surface area contributed by atoms with Gasteiger partial charge in [0.15, 0.2) is 0 Å². The van der Waals surface area contributed by atoms with E-state index in [9.17, 15) is 5.11 Å². The summed E-state index contributed by atoms with van der Waals surface area (Å²) in [7, 11) is 0. The first-order chi connectivity index (χ1) is 6.42. The van der Waals surface area contributed by atoms with Crippen molar-refractivity contribution in [3.63, 3.8) is 0 Å². The number of hydrogen-bond acceptors (Lipinski definition) is 3. The smallest absolute Gasteiger partial charge is 0.0631 e. The molecule has 1 aromatic rings. The van der Waals surface area contributed by atoms with Gasteiger partial charge in [-0.2, -0.15) is 0 Å². The molecular formula is C11H17NOS. The molecule has 0 amide bonds. The predicted octanol–water partition coefficient (Wildman–Crippen LogP) is 2.30. The van der Waals surface area contributed by atoms with Gasteiger partial charge in [-0.05, 0) is 37.8 Å². The summed E-state index contributed by atoms with van der Waals surface area (Å²) in [6.45, 7) is 3.62. The number of aliphatic hydroxyl groups is 1. The first-order valence-electron chi connectivity index (χ1n) is 4.57. The van der Waals surface area contributed by atoms with Crippen molar-refractivity contribution < 1.29 is 5.11 Å². The lowest BCUT2D eigenvalue weighted by Crippen LogP contribution is -2.21. The van der Waals surface area contributed by atoms with E-state index in [0.29, 0.717) is 6.42 Å². The molecule has 0 bridgehead atoms. The first-order valence-corrected chi connectivity index (χ1v) is 5.79. The average Bonchev–Trinajstić information content (AvgIpc) is 2.06. The lowest BCUT2D eigenvalue weighted by atomic mass is 9.99. The highest BCUT2D eigenvalue weighted by Gasteiger charge is 2.13. The van der Waals surface area contributed by atoms with Gasteiger partial charge in [0, 0.05) is 17.0 Å². The molecule has 14 heavy (non-hydrogen) atoms. The highest BCUT2D eigenvalue weighted by Crippen LogP contribution is 2.25. The standard InChI is InChI=1S/C11H17NOS/c1-11(2,13)7-8-4-5-9(12)10(6-8)14-3/h4-6,13H,7,12H2,1-3H3. The Kier molecular flexibility index (Phi) is 3.45. The SMILES string of the molecule is CSc1cc(CC(C)(C)O)ccc1N. The largest absolute Gasteiger partial charge is 0.398 e. The van der Waals surface area contributed by atoms with Crippen LogP contribution in [0, 0.1) is 0 Å². The molecule has 0 aliphatic rings. The Morgan fingerprint density at radius 3 is 2.57 bits per heavy atom. The Hall–Kier alpha value is -0.670. The molecule has 0 aliphatic heterocycles. The number of anilines is 1. The zero-order valence-electron chi connectivity index (χ0n) is 8.87. The topological polar surface area (TPSA) is 46.2 Å². The first kappa shape index (κ1) is 11.4. The molecule has 0 radical (unpaired) electrons. The number of nitrogens with two attached hydrogens (primary N) is 1. The van der Waals surface area contributed by atoms with E-state index < -0.39 is 5.60 Å². The van der Waals surface area contributed by atoms with Gasteiger partial charge in [-0.15, -0.1) is 11.8 Å². The van der Waals surface area contributed by atoms with Gasteiger partial charge in [-0.25, -0.2) is 0 Å². The average molecular weight is 211 g/mol. The molecular weight excluding hydrogens is 194 g/mol. The molecule has 0 heterocycles. The summed E-state index contributed by atoms with van der Waals surface area (Å²) < 4.78 is 0. The van der Waals surface area contributed by atoms with Crippen LogP contribution in [-0.4, -0.2) is 17.0 Å². The van der Waals surface area contributed by atoms with E-state index in [1.54, 1.807) is 11.8 Å². The molecule has 0 unspecified atom stereocenters. The lowest BCUT2D eigenvalue weighted by molar-refractivity contribution is 0.0809. The summed E-state index contributed by atoms with van der Waals surface area (Å²) in [6, 6.07) is 5.90. The van der Waals surface area contributed by atoms with Crippen LogP contribution in [0.5, 0.6) is 0 Å². The van der Waals surface area contributed by atoms with Gasteiger partial charge in [0.2, 0.25) is 0 Å². The fourth-order valence-corrected chi connectivity index (χ4v) is 1.94. The van der Waals surface area contributed by atoms with Gasteiger partial charge in [0.25, 0.3) is 0 Å². The monoisotopic (exact) mass is 211 g/mol. The second-order valence-corrected chi connectivity index (χ2v) is 4.91. The summed E-state index contributed by atoms with van der Waals surface area (Å²) in [6.07, 6.45) is 2.65. The second kappa shape index (κ2) is 4.24. The number of benzene rings is 1. The van der Waals surface area contributed by atoms with E-state index in [2.05, 4.69) is 0 Å². The van der Waals surface area contributed by atoms with Crippen molar-refractivity contribution in [3.05, 3.63) is 23.8 Å². The third-order valence-corrected chi connectivity index (χ3v) is 2.73. The van der Waals surface area contributed by atoms with Crippen molar-refractivity contribution >= 4 is 17.4 Å². The molecule has 2 nitrogen and oxygen atoms in total. The molecule has 0 saturated heterocycles. The van der Waals surface area contributed by atoms with E-state index in [-0.39, 0.29) is 0 Å². The van der Waals surface area contributed by atoms with E-state index in [1.807, 2.05) is 38.3 Å². The fraction of sp³-hybridized carbons (Fsp3) is 0.455. The van der Waals surface area contributed by atoms with Gasteiger partial charge in [-0.1, -0.05) is 6.07 Å². The Morgan fingerprint density at radius 2 is 2.07 bits per heavy atom. The van der Waals surface area contributed by atoms with Crippen molar-refractivity contribution in [1.82, 2.24) is 0 Å². The third kappa shape index (κ3) is 3.24. The molecule has 3 N–H and O–H groups in total. The number of thioether (sulfide) groups is 1. The highest BCUT2D eigenvalue weighted by molar-refractivity contribution is 7.98. The zero-order valence-corrected chi connectivity index (χ0v) is 9.69. The lowest BCUT2D eigenvalue weighted by Gasteiger charge is -2.17. The number of hydrogen-bond donors (Lipinski definition) is 2. The maximum Gasteiger partial charge on any atom is 0.0631 e. The van der Waals surface area contributed by atoms with Crippen LogP contribution in [0.15, 0.2) is 23.1 Å². The van der Waals surface area contributed by atoms with Crippen molar-refractivity contribution in [2.24, 2.45) is 0 Å². The van der Waals surface area contributed by atoms with Crippen LogP contribution in [0.2, 0.25) is 0 Å². The van der Waals surface area contributed by atoms with Gasteiger partial charge in [0.05, 0.1) is 5.60 Å². The Labute approximate surface area is 89.5 Å². The summed E-state index contributed by atoms with van der Waals surface area (Å²) in [5.41, 5.74) is 7.04. The molecule has 1 aromatic carbocycles. The van der Waals surface area contributed by atoms with Crippen LogP contribution >= 0.6 is 11.8 Å². The minimum atomic E-state index is -0.661. The van der Waals surface area contributed by atoms with Crippen LogP contribution in [0.4, 0.5) is 5.69 Å². The van der Waals surface area contributed by atoms with E-state index in [1.165, 1.54) is 0 Å². The highest BCUT2D eigenvalue weighted by atomic mass is 32.2. The summed E-state index contributed by atoms with van der Waals surface area (Å²) in [5, 5.41) is 9.67. The molecule has 0 spiro atoms. The van der Waals surface area contributed by atoms with Gasteiger partial charge in [-0.3, -0.25) is 0 Å². The number of rotatable bonds is 3. The normalized spacial score (nSPS) is 11.7. The van der Waals surface area contributed by atoms with Crippen molar-refractivity contribution in [3.8, 4) is 0 Å². The van der Waals surface area contributed by atoms with Gasteiger partial charge >= 0.3 is 0 Å². The van der Waals surface area contributed by atoms with Crippen LogP contribution in [0.1, 0.15) is 19.4 Å². The minimum absolute atomic E-state index is 0.654. The van der Waals surface area contributed by atoms with Crippen molar-refractivity contribution in [1.29, 1.82) is 0 Å². The van der Waals surface area contributed by atoms with Crippen molar-refractivity contribution in [2.45, 2.75) is 30.8 Å². The number of nitrogen functional groups attached to an aromatic ring is 1. The quantitative estimate of drug-likeness (QED) is 0.595. The molecule has 0 atom stereocenters. The zero-order chi connectivity index (χ0) is 10.8. The molecule has 78 valence electrons. The molecule has 0 aromatic heterocycles. The van der Waals surface area contributed by atoms with Gasteiger partial charge in [0.1, 0.15) is 0 Å². The van der Waals surface area contributed by atoms with E-state index in [4.69, 9.17) is 5.73 Å². The second-order valence-electron chi connectivity index (χ2n) is 4.07. The molecule has 3 heteroatoms. The molecule has 1 rings (SSSR count). The maximum atomic E-state index is 9.67. The maximum absolute atomic E-state index is 9.67. The van der Waals surface area contributed by atoms with E-state index >= 15 is 0 Å². The molecule has 0 fully saturated rings. The van der Waals surface area contributed by atoms with Gasteiger partial charge < -0.3 is 10.8 Å². The third-order valence-electron chi connectivity index (χ3n) is 1.93. The Bertz CT molecular complexity index is 318. The Morgan fingerprint density at radius 1 is 1.43 bits per heavy atom. The minimum Gasteiger partial charge on any atom is -0.398 e. The Balaban J connectivity index is 2.90. The van der Waals surface area contributed by atoms with Crippen LogP contribution in [0.25, 0.3) is 0 Å². The van der Waals surface area contributed by atoms with Crippen LogP contribution in [-0.2, 0) is 6.42 Å². The predicted molar refractivity (Wildman–Crippen MR) is 62.6 cm³/mol. The summed E-state index contributed by atoms with van der Waals surface area (Å²) >= 11 is 1.63. The van der Waals surface area contributed by atoms with Crippen LogP contribution in [0.3, 0.4) is 0 Å². The fourth-order valence-electron chi connectivity index (χ4n) is 1.37. The van der Waals surface area contributed by atoms with E-state index in [0.717, 1.165) is 16.1 Å². The summed E-state index contributed by atoms with van der Waals surface area (Å²) in [5.74, 6) is 0. The molecule has 0 aliphatic carbocycles.